The van der Waals surface area contributed by atoms with Crippen LogP contribution in [0.1, 0.15) is 18.9 Å². The number of aliphatic hydroxyl groups excluding tert-OH is 1. The van der Waals surface area contributed by atoms with Gasteiger partial charge in [-0.25, -0.2) is 4.98 Å². The van der Waals surface area contributed by atoms with Gasteiger partial charge in [0.25, 0.3) is 0 Å². The van der Waals surface area contributed by atoms with Crippen LogP contribution in [0.15, 0.2) is 23.4 Å². The number of pyridine rings is 1. The Bertz CT molecular complexity index is 327. The van der Waals surface area contributed by atoms with Gasteiger partial charge in [0.05, 0.1) is 24.7 Å². The summed E-state index contributed by atoms with van der Waals surface area (Å²) in [5.74, 6) is 0.478. The molecule has 0 amide bonds. The van der Waals surface area contributed by atoms with Gasteiger partial charge in [0.15, 0.2) is 0 Å². The average molecular weight is 241 g/mol. The molecule has 0 atom stereocenters. The van der Waals surface area contributed by atoms with E-state index in [1.165, 1.54) is 11.8 Å². The third kappa shape index (κ3) is 4.63. The summed E-state index contributed by atoms with van der Waals surface area (Å²) in [5, 5.41) is 9.68. The number of carbonyl (C=O) groups is 1. The van der Waals surface area contributed by atoms with Gasteiger partial charge in [-0.2, -0.15) is 0 Å². The lowest BCUT2D eigenvalue weighted by molar-refractivity contribution is -0.142. The van der Waals surface area contributed by atoms with Crippen molar-refractivity contribution >= 4 is 17.7 Å². The van der Waals surface area contributed by atoms with Crippen LogP contribution in [-0.2, 0) is 16.1 Å². The second kappa shape index (κ2) is 7.24. The normalized spacial score (nSPS) is 10.1. The van der Waals surface area contributed by atoms with Crippen LogP contribution in [-0.4, -0.2) is 28.4 Å². The average Bonchev–Trinajstić information content (AvgIpc) is 2.30. The molecule has 0 aliphatic carbocycles. The number of esters is 1. The van der Waals surface area contributed by atoms with Gasteiger partial charge in [0, 0.05) is 11.9 Å². The topological polar surface area (TPSA) is 59.4 Å². The Morgan fingerprint density at radius 1 is 1.56 bits per heavy atom. The zero-order valence-electron chi connectivity index (χ0n) is 9.18. The molecule has 0 aliphatic rings. The van der Waals surface area contributed by atoms with Gasteiger partial charge in [-0.05, 0) is 18.6 Å². The standard InChI is InChI=1S/C11H15NO3S/c1-2-15-11(14)5-6-16-10-4-3-9(8-13)7-12-10/h3-4,7,13H,2,5-6,8H2,1H3. The molecule has 5 heteroatoms. The highest BCUT2D eigenvalue weighted by molar-refractivity contribution is 7.99. The van der Waals surface area contributed by atoms with E-state index in [4.69, 9.17) is 9.84 Å². The van der Waals surface area contributed by atoms with Crippen molar-refractivity contribution in [2.45, 2.75) is 25.0 Å². The van der Waals surface area contributed by atoms with E-state index in [2.05, 4.69) is 4.98 Å². The molecule has 1 rings (SSSR count). The van der Waals surface area contributed by atoms with Crippen molar-refractivity contribution in [3.63, 3.8) is 0 Å². The number of nitrogens with zero attached hydrogens (tertiary/aromatic N) is 1. The summed E-state index contributed by atoms with van der Waals surface area (Å²) in [6, 6.07) is 3.65. The minimum Gasteiger partial charge on any atom is -0.466 e. The monoisotopic (exact) mass is 241 g/mol. The number of aromatic nitrogens is 1. The quantitative estimate of drug-likeness (QED) is 0.606. The minimum atomic E-state index is -0.179. The maximum Gasteiger partial charge on any atom is 0.306 e. The smallest absolute Gasteiger partial charge is 0.306 e. The molecule has 0 bridgehead atoms. The summed E-state index contributed by atoms with van der Waals surface area (Å²) in [6.07, 6.45) is 2.02. The fourth-order valence-electron chi connectivity index (χ4n) is 1.06. The van der Waals surface area contributed by atoms with Crippen LogP contribution in [0, 0.1) is 0 Å². The van der Waals surface area contributed by atoms with Crippen LogP contribution in [0.3, 0.4) is 0 Å². The maximum atomic E-state index is 11.0. The second-order valence-corrected chi connectivity index (χ2v) is 4.18. The Morgan fingerprint density at radius 2 is 2.38 bits per heavy atom. The van der Waals surface area contributed by atoms with E-state index in [1.807, 2.05) is 12.1 Å². The second-order valence-electron chi connectivity index (χ2n) is 3.07. The number of rotatable bonds is 6. The fraction of sp³-hybridized carbons (Fsp3) is 0.455. The Morgan fingerprint density at radius 3 is 2.94 bits per heavy atom. The van der Waals surface area contributed by atoms with Crippen LogP contribution in [0.25, 0.3) is 0 Å². The van der Waals surface area contributed by atoms with Gasteiger partial charge in [-0.1, -0.05) is 6.07 Å². The molecule has 0 radical (unpaired) electrons. The maximum absolute atomic E-state index is 11.0. The van der Waals surface area contributed by atoms with Crippen molar-refractivity contribution in [2.75, 3.05) is 12.4 Å². The molecule has 0 saturated heterocycles. The molecule has 4 nitrogen and oxygen atoms in total. The SMILES string of the molecule is CCOC(=O)CCSc1ccc(CO)cn1. The van der Waals surface area contributed by atoms with E-state index in [0.29, 0.717) is 18.8 Å². The van der Waals surface area contributed by atoms with Crippen molar-refractivity contribution in [3.05, 3.63) is 23.9 Å². The van der Waals surface area contributed by atoms with Gasteiger partial charge in [-0.15, -0.1) is 11.8 Å². The van der Waals surface area contributed by atoms with Gasteiger partial charge in [0.2, 0.25) is 0 Å². The predicted octanol–water partition coefficient (Wildman–Crippen LogP) is 1.62. The van der Waals surface area contributed by atoms with Gasteiger partial charge >= 0.3 is 5.97 Å². The zero-order valence-corrected chi connectivity index (χ0v) is 10.00. The minimum absolute atomic E-state index is 0.000766. The molecule has 0 aromatic carbocycles. The Kier molecular flexibility index (Phi) is 5.88. The van der Waals surface area contributed by atoms with Crippen LogP contribution in [0.5, 0.6) is 0 Å². The number of hydrogen-bond donors (Lipinski definition) is 1. The molecular weight excluding hydrogens is 226 g/mol. The van der Waals surface area contributed by atoms with Gasteiger partial charge in [-0.3, -0.25) is 4.79 Å². The van der Waals surface area contributed by atoms with Crippen LogP contribution in [0.2, 0.25) is 0 Å². The molecule has 0 aliphatic heterocycles. The molecule has 1 N–H and O–H groups in total. The Balaban J connectivity index is 2.29. The van der Waals surface area contributed by atoms with E-state index < -0.39 is 0 Å². The van der Waals surface area contributed by atoms with Crippen molar-refractivity contribution in [1.29, 1.82) is 0 Å². The molecule has 0 saturated carbocycles. The third-order valence-corrected chi connectivity index (χ3v) is 2.79. The highest BCUT2D eigenvalue weighted by Gasteiger charge is 2.02. The van der Waals surface area contributed by atoms with Crippen LogP contribution < -0.4 is 0 Å². The number of thioether (sulfide) groups is 1. The molecule has 0 fully saturated rings. The predicted molar refractivity (Wildman–Crippen MR) is 62.1 cm³/mol. The molecule has 1 aromatic rings. The van der Waals surface area contributed by atoms with Crippen molar-refractivity contribution in [2.24, 2.45) is 0 Å². The number of carbonyl (C=O) groups excluding carboxylic acids is 1. The van der Waals surface area contributed by atoms with E-state index in [-0.39, 0.29) is 12.6 Å². The fourth-order valence-corrected chi connectivity index (χ4v) is 1.83. The lowest BCUT2D eigenvalue weighted by Gasteiger charge is -2.02. The Labute approximate surface area is 99.0 Å². The summed E-state index contributed by atoms with van der Waals surface area (Å²) in [6.45, 7) is 2.22. The molecule has 1 heterocycles. The summed E-state index contributed by atoms with van der Waals surface area (Å²) < 4.78 is 4.81. The molecule has 0 spiro atoms. The lowest BCUT2D eigenvalue weighted by atomic mass is 10.3. The van der Waals surface area contributed by atoms with E-state index >= 15 is 0 Å². The molecule has 0 unspecified atom stereocenters. The van der Waals surface area contributed by atoms with Gasteiger partial charge in [0.1, 0.15) is 0 Å². The van der Waals surface area contributed by atoms with Crippen LogP contribution >= 0.6 is 11.8 Å². The summed E-state index contributed by atoms with van der Waals surface area (Å²) in [4.78, 5) is 15.2. The van der Waals surface area contributed by atoms with Crippen molar-refractivity contribution in [1.82, 2.24) is 4.98 Å². The first-order valence-corrected chi connectivity index (χ1v) is 6.09. The zero-order chi connectivity index (χ0) is 11.8. The number of ether oxygens (including phenoxy) is 1. The summed E-state index contributed by atoms with van der Waals surface area (Å²) in [5.41, 5.74) is 0.787. The molecule has 16 heavy (non-hydrogen) atoms. The number of hydrogen-bond acceptors (Lipinski definition) is 5. The largest absolute Gasteiger partial charge is 0.466 e. The van der Waals surface area contributed by atoms with E-state index in [0.717, 1.165) is 10.6 Å². The summed E-state index contributed by atoms with van der Waals surface area (Å²) in [7, 11) is 0. The van der Waals surface area contributed by atoms with E-state index in [1.54, 1.807) is 13.1 Å². The van der Waals surface area contributed by atoms with Crippen LogP contribution in [0.4, 0.5) is 0 Å². The van der Waals surface area contributed by atoms with Gasteiger partial charge < -0.3 is 9.84 Å². The number of aliphatic hydroxyl groups is 1. The first-order chi connectivity index (χ1) is 7.76. The first-order valence-electron chi connectivity index (χ1n) is 5.10. The van der Waals surface area contributed by atoms with E-state index in [9.17, 15) is 4.79 Å². The molecule has 1 aromatic heterocycles. The lowest BCUT2D eigenvalue weighted by Crippen LogP contribution is -2.04. The van der Waals surface area contributed by atoms with Crippen molar-refractivity contribution in [3.8, 4) is 0 Å². The first kappa shape index (κ1) is 13.0. The highest BCUT2D eigenvalue weighted by Crippen LogP contribution is 2.16. The Hall–Kier alpha value is -1.07. The third-order valence-electron chi connectivity index (χ3n) is 1.84. The highest BCUT2D eigenvalue weighted by atomic mass is 32.2. The summed E-state index contributed by atoms with van der Waals surface area (Å²) >= 11 is 1.50. The van der Waals surface area contributed by atoms with Crippen molar-refractivity contribution < 1.29 is 14.6 Å². The molecule has 88 valence electrons. The molecular formula is C11H15NO3S.